The topological polar surface area (TPSA) is 44.4 Å². The summed E-state index contributed by atoms with van der Waals surface area (Å²) in [6, 6.07) is 6.85. The van der Waals surface area contributed by atoms with Crippen LogP contribution in [0.15, 0.2) is 23.1 Å². The highest BCUT2D eigenvalue weighted by Gasteiger charge is 2.21. The van der Waals surface area contributed by atoms with Gasteiger partial charge < -0.3 is 10.6 Å². The zero-order valence-corrected chi connectivity index (χ0v) is 11.9. The fourth-order valence-corrected chi connectivity index (χ4v) is 3.43. The summed E-state index contributed by atoms with van der Waals surface area (Å²) in [5.41, 5.74) is 2.25. The second-order valence-corrected chi connectivity index (χ2v) is 6.07. The number of nitrogens with zero attached hydrogens (tertiary/aromatic N) is 1. The maximum atomic E-state index is 11.5. The molecule has 1 amide bonds. The van der Waals surface area contributed by atoms with Crippen LogP contribution in [0.25, 0.3) is 0 Å². The summed E-state index contributed by atoms with van der Waals surface area (Å²) in [4.78, 5) is 15.1. The number of fused-ring (bicyclic) bond motifs is 1. The molecule has 1 saturated heterocycles. The monoisotopic (exact) mass is 277 g/mol. The van der Waals surface area contributed by atoms with Crippen molar-refractivity contribution in [2.45, 2.75) is 17.9 Å². The van der Waals surface area contributed by atoms with Crippen LogP contribution in [-0.2, 0) is 4.79 Å². The Hall–Kier alpha value is -1.04. The molecule has 1 unspecified atom stereocenters. The third-order valence-electron chi connectivity index (χ3n) is 3.82. The SMILES string of the molecule is CC(c1ccc2c(c1)NC(=O)CS2)N1CCNCC1. The first kappa shape index (κ1) is 13.0. The standard InChI is InChI=1S/C14H19N3OS/c1-10(17-6-4-15-5-7-17)11-2-3-13-12(8-11)16-14(18)9-19-13/h2-3,8,10,15H,4-7,9H2,1H3,(H,16,18). The number of nitrogens with one attached hydrogen (secondary N) is 2. The van der Waals surface area contributed by atoms with Gasteiger partial charge in [0.2, 0.25) is 5.91 Å². The van der Waals surface area contributed by atoms with Gasteiger partial charge in [0.1, 0.15) is 0 Å². The van der Waals surface area contributed by atoms with Gasteiger partial charge in [0.25, 0.3) is 0 Å². The van der Waals surface area contributed by atoms with Crippen molar-refractivity contribution < 1.29 is 4.79 Å². The Morgan fingerprint density at radius 2 is 2.11 bits per heavy atom. The van der Waals surface area contributed by atoms with Gasteiger partial charge in [-0.3, -0.25) is 9.69 Å². The van der Waals surface area contributed by atoms with Gasteiger partial charge in [-0.2, -0.15) is 0 Å². The first-order chi connectivity index (χ1) is 9.24. The van der Waals surface area contributed by atoms with Gasteiger partial charge in [0.05, 0.1) is 11.4 Å². The molecule has 0 aromatic heterocycles. The van der Waals surface area contributed by atoms with E-state index < -0.39 is 0 Å². The third-order valence-corrected chi connectivity index (χ3v) is 4.89. The van der Waals surface area contributed by atoms with Gasteiger partial charge in [0, 0.05) is 37.1 Å². The third kappa shape index (κ3) is 2.78. The number of carbonyl (C=O) groups is 1. The average Bonchev–Trinajstić information content (AvgIpc) is 2.46. The molecule has 19 heavy (non-hydrogen) atoms. The van der Waals surface area contributed by atoms with E-state index in [1.807, 2.05) is 0 Å². The lowest BCUT2D eigenvalue weighted by molar-refractivity contribution is -0.113. The molecular weight excluding hydrogens is 258 g/mol. The lowest BCUT2D eigenvalue weighted by Gasteiger charge is -2.33. The Morgan fingerprint density at radius 3 is 2.89 bits per heavy atom. The highest BCUT2D eigenvalue weighted by Crippen LogP contribution is 2.34. The summed E-state index contributed by atoms with van der Waals surface area (Å²) in [7, 11) is 0. The van der Waals surface area contributed by atoms with Crippen molar-refractivity contribution in [2.24, 2.45) is 0 Å². The number of thioether (sulfide) groups is 1. The van der Waals surface area contributed by atoms with Crippen LogP contribution in [0.5, 0.6) is 0 Å². The molecule has 1 aromatic rings. The summed E-state index contributed by atoms with van der Waals surface area (Å²) >= 11 is 1.62. The Bertz CT molecular complexity index is 486. The molecule has 2 aliphatic rings. The quantitative estimate of drug-likeness (QED) is 0.863. The van der Waals surface area contributed by atoms with Crippen LogP contribution in [0.3, 0.4) is 0 Å². The minimum absolute atomic E-state index is 0.101. The number of hydrogen-bond donors (Lipinski definition) is 2. The van der Waals surface area contributed by atoms with E-state index in [-0.39, 0.29) is 5.91 Å². The Balaban J connectivity index is 1.80. The van der Waals surface area contributed by atoms with Gasteiger partial charge in [-0.05, 0) is 24.6 Å². The van der Waals surface area contributed by atoms with Crippen molar-refractivity contribution in [1.82, 2.24) is 10.2 Å². The normalized spacial score (nSPS) is 21.6. The molecule has 2 heterocycles. The molecule has 1 fully saturated rings. The smallest absolute Gasteiger partial charge is 0.234 e. The van der Waals surface area contributed by atoms with Crippen LogP contribution in [0.4, 0.5) is 5.69 Å². The van der Waals surface area contributed by atoms with E-state index in [2.05, 4.69) is 40.7 Å². The molecule has 4 nitrogen and oxygen atoms in total. The molecule has 1 aromatic carbocycles. The lowest BCUT2D eigenvalue weighted by atomic mass is 10.1. The van der Waals surface area contributed by atoms with Crippen LogP contribution >= 0.6 is 11.8 Å². The van der Waals surface area contributed by atoms with E-state index in [0.29, 0.717) is 11.8 Å². The average molecular weight is 277 g/mol. The zero-order chi connectivity index (χ0) is 13.2. The molecule has 102 valence electrons. The van der Waals surface area contributed by atoms with Gasteiger partial charge in [0.15, 0.2) is 0 Å². The van der Waals surface area contributed by atoms with E-state index >= 15 is 0 Å². The molecule has 5 heteroatoms. The molecule has 0 saturated carbocycles. The van der Waals surface area contributed by atoms with Crippen LogP contribution in [0, 0.1) is 0 Å². The highest BCUT2D eigenvalue weighted by atomic mass is 32.2. The molecule has 0 bridgehead atoms. The van der Waals surface area contributed by atoms with Gasteiger partial charge in [-0.1, -0.05) is 6.07 Å². The van der Waals surface area contributed by atoms with Crippen LogP contribution in [0.2, 0.25) is 0 Å². The molecule has 2 aliphatic heterocycles. The van der Waals surface area contributed by atoms with E-state index in [0.717, 1.165) is 31.9 Å². The number of carbonyl (C=O) groups excluding carboxylic acids is 1. The van der Waals surface area contributed by atoms with Crippen molar-refractivity contribution in [3.63, 3.8) is 0 Å². The summed E-state index contributed by atoms with van der Waals surface area (Å²) in [5, 5.41) is 6.34. The maximum Gasteiger partial charge on any atom is 0.234 e. The molecule has 0 radical (unpaired) electrons. The van der Waals surface area contributed by atoms with E-state index in [4.69, 9.17) is 0 Å². The van der Waals surface area contributed by atoms with Crippen molar-refractivity contribution in [3.8, 4) is 0 Å². The molecule has 3 rings (SSSR count). The molecule has 0 spiro atoms. The van der Waals surface area contributed by atoms with E-state index in [1.54, 1.807) is 11.8 Å². The second-order valence-electron chi connectivity index (χ2n) is 5.05. The predicted molar refractivity (Wildman–Crippen MR) is 78.7 cm³/mol. The minimum atomic E-state index is 0.101. The number of rotatable bonds is 2. The van der Waals surface area contributed by atoms with Gasteiger partial charge in [-0.15, -0.1) is 11.8 Å². The second kappa shape index (κ2) is 5.53. The van der Waals surface area contributed by atoms with E-state index in [1.165, 1.54) is 10.5 Å². The van der Waals surface area contributed by atoms with E-state index in [9.17, 15) is 4.79 Å². The Kier molecular flexibility index (Phi) is 3.77. The van der Waals surface area contributed by atoms with Crippen LogP contribution in [-0.4, -0.2) is 42.7 Å². The van der Waals surface area contributed by atoms with Gasteiger partial charge in [-0.25, -0.2) is 0 Å². The highest BCUT2D eigenvalue weighted by molar-refractivity contribution is 8.00. The fourth-order valence-electron chi connectivity index (χ4n) is 2.64. The van der Waals surface area contributed by atoms with Crippen molar-refractivity contribution in [2.75, 3.05) is 37.2 Å². The largest absolute Gasteiger partial charge is 0.324 e. The number of benzene rings is 1. The molecule has 2 N–H and O–H groups in total. The molecular formula is C14H19N3OS. The Labute approximate surface area is 117 Å². The summed E-state index contributed by atoms with van der Waals surface area (Å²) in [5.74, 6) is 0.629. The first-order valence-corrected chi connectivity index (χ1v) is 7.74. The van der Waals surface area contributed by atoms with Crippen molar-refractivity contribution in [3.05, 3.63) is 23.8 Å². The lowest BCUT2D eigenvalue weighted by Crippen LogP contribution is -2.44. The van der Waals surface area contributed by atoms with Crippen LogP contribution < -0.4 is 10.6 Å². The minimum Gasteiger partial charge on any atom is -0.324 e. The number of anilines is 1. The molecule has 1 atom stereocenters. The first-order valence-electron chi connectivity index (χ1n) is 6.75. The number of amides is 1. The summed E-state index contributed by atoms with van der Waals surface area (Å²) in [6.45, 7) is 6.52. The Morgan fingerprint density at radius 1 is 1.32 bits per heavy atom. The number of hydrogen-bond acceptors (Lipinski definition) is 4. The van der Waals surface area contributed by atoms with Crippen LogP contribution in [0.1, 0.15) is 18.5 Å². The maximum absolute atomic E-state index is 11.5. The zero-order valence-electron chi connectivity index (χ0n) is 11.1. The van der Waals surface area contributed by atoms with Crippen molar-refractivity contribution >= 4 is 23.4 Å². The fraction of sp³-hybridized carbons (Fsp3) is 0.500. The van der Waals surface area contributed by atoms with Crippen molar-refractivity contribution in [1.29, 1.82) is 0 Å². The predicted octanol–water partition coefficient (Wildman–Crippen LogP) is 1.70. The molecule has 0 aliphatic carbocycles. The summed E-state index contributed by atoms with van der Waals surface area (Å²) < 4.78 is 0. The summed E-state index contributed by atoms with van der Waals surface area (Å²) in [6.07, 6.45) is 0. The van der Waals surface area contributed by atoms with Gasteiger partial charge >= 0.3 is 0 Å². The number of piperazine rings is 1.